The summed E-state index contributed by atoms with van der Waals surface area (Å²) < 4.78 is 30.9. The first-order valence-corrected chi connectivity index (χ1v) is 5.37. The Morgan fingerprint density at radius 3 is 2.74 bits per heavy atom. The molecule has 0 radical (unpaired) electrons. The van der Waals surface area contributed by atoms with Gasteiger partial charge in [-0.15, -0.1) is 0 Å². The highest BCUT2D eigenvalue weighted by molar-refractivity contribution is 6.02. The van der Waals surface area contributed by atoms with E-state index in [1.807, 2.05) is 0 Å². The van der Waals surface area contributed by atoms with Crippen LogP contribution in [0.25, 0.3) is 0 Å². The molecule has 0 aliphatic heterocycles. The number of halogens is 2. The van der Waals surface area contributed by atoms with Crippen molar-refractivity contribution in [2.75, 3.05) is 12.4 Å². The largest absolute Gasteiger partial charge is 0.494 e. The highest BCUT2D eigenvalue weighted by Crippen LogP contribution is 2.21. The van der Waals surface area contributed by atoms with E-state index < -0.39 is 17.7 Å². The van der Waals surface area contributed by atoms with Crippen LogP contribution in [-0.4, -0.2) is 18.0 Å². The predicted molar refractivity (Wildman–Crippen MR) is 65.1 cm³/mol. The van der Waals surface area contributed by atoms with Gasteiger partial charge in [0.1, 0.15) is 5.69 Å². The summed E-state index contributed by atoms with van der Waals surface area (Å²) in [4.78, 5) is 15.2. The Hall–Kier alpha value is -2.50. The van der Waals surface area contributed by atoms with Gasteiger partial charge < -0.3 is 10.1 Å². The molecule has 0 aliphatic rings. The van der Waals surface area contributed by atoms with E-state index >= 15 is 0 Å². The number of amides is 1. The number of carbonyl (C=O) groups is 1. The lowest BCUT2D eigenvalue weighted by Gasteiger charge is -2.07. The minimum atomic E-state index is -0.746. The number of carbonyl (C=O) groups excluding carboxylic acids is 1. The molecule has 0 aliphatic carbocycles. The van der Waals surface area contributed by atoms with Gasteiger partial charge in [0, 0.05) is 11.8 Å². The number of rotatable bonds is 3. The van der Waals surface area contributed by atoms with Crippen LogP contribution >= 0.6 is 0 Å². The van der Waals surface area contributed by atoms with Crippen LogP contribution in [0, 0.1) is 11.8 Å². The van der Waals surface area contributed by atoms with Gasteiger partial charge in [0.25, 0.3) is 5.91 Å². The normalized spacial score (nSPS) is 10.1. The van der Waals surface area contributed by atoms with Crippen molar-refractivity contribution in [1.82, 2.24) is 4.98 Å². The summed E-state index contributed by atoms with van der Waals surface area (Å²) in [5.74, 6) is -1.87. The molecule has 1 aromatic carbocycles. The smallest absolute Gasteiger partial charge is 0.274 e. The molecule has 0 saturated carbocycles. The second kappa shape index (κ2) is 5.43. The Morgan fingerprint density at radius 1 is 1.26 bits per heavy atom. The van der Waals surface area contributed by atoms with E-state index in [-0.39, 0.29) is 11.4 Å². The minimum Gasteiger partial charge on any atom is -0.494 e. The Labute approximate surface area is 108 Å². The molecule has 1 N–H and O–H groups in total. The maximum atomic E-state index is 13.2. The van der Waals surface area contributed by atoms with Crippen LogP contribution in [0.1, 0.15) is 10.5 Å². The van der Waals surface area contributed by atoms with E-state index in [0.29, 0.717) is 5.69 Å². The summed E-state index contributed by atoms with van der Waals surface area (Å²) in [6.45, 7) is 0. The van der Waals surface area contributed by atoms with E-state index in [9.17, 15) is 13.6 Å². The number of hydrogen-bond acceptors (Lipinski definition) is 3. The Morgan fingerprint density at radius 2 is 2.05 bits per heavy atom. The summed E-state index contributed by atoms with van der Waals surface area (Å²) >= 11 is 0. The first kappa shape index (κ1) is 12.9. The maximum Gasteiger partial charge on any atom is 0.274 e. The molecule has 4 nitrogen and oxygen atoms in total. The Bertz CT molecular complexity index is 617. The van der Waals surface area contributed by atoms with Gasteiger partial charge in [-0.25, -0.2) is 9.37 Å². The van der Waals surface area contributed by atoms with E-state index in [0.717, 1.165) is 12.1 Å². The Kier molecular flexibility index (Phi) is 3.70. The van der Waals surface area contributed by atoms with Crippen LogP contribution in [-0.2, 0) is 0 Å². The number of pyridine rings is 1. The molecular weight excluding hydrogens is 254 g/mol. The topological polar surface area (TPSA) is 51.2 Å². The molecular formula is C13H10F2N2O2. The molecule has 2 aromatic rings. The van der Waals surface area contributed by atoms with Crippen molar-refractivity contribution in [2.45, 2.75) is 0 Å². The molecule has 0 bridgehead atoms. The highest BCUT2D eigenvalue weighted by Gasteiger charge is 2.10. The standard InChI is InChI=1S/C13H10F2N2O2/c1-19-11-7-8(5-6-9(11)14)16-13(18)10-3-2-4-12(15)17-10/h2-7H,1H3,(H,16,18). The zero-order valence-corrected chi connectivity index (χ0v) is 9.98. The van der Waals surface area contributed by atoms with Gasteiger partial charge in [-0.05, 0) is 24.3 Å². The number of aromatic nitrogens is 1. The quantitative estimate of drug-likeness (QED) is 0.867. The lowest BCUT2D eigenvalue weighted by atomic mass is 10.2. The fraction of sp³-hybridized carbons (Fsp3) is 0.0769. The molecule has 0 atom stereocenters. The number of anilines is 1. The van der Waals surface area contributed by atoms with Gasteiger partial charge in [-0.3, -0.25) is 4.79 Å². The fourth-order valence-corrected chi connectivity index (χ4v) is 1.47. The molecule has 98 valence electrons. The zero-order valence-electron chi connectivity index (χ0n) is 9.98. The molecule has 1 amide bonds. The van der Waals surface area contributed by atoms with Gasteiger partial charge in [0.15, 0.2) is 11.6 Å². The van der Waals surface area contributed by atoms with Crippen molar-refractivity contribution in [3.8, 4) is 5.75 Å². The fourth-order valence-electron chi connectivity index (χ4n) is 1.47. The van der Waals surface area contributed by atoms with Crippen LogP contribution < -0.4 is 10.1 Å². The first-order valence-electron chi connectivity index (χ1n) is 5.37. The number of ether oxygens (including phenoxy) is 1. The molecule has 0 unspecified atom stereocenters. The third-order valence-corrected chi connectivity index (χ3v) is 2.36. The minimum absolute atomic E-state index is 0.00463. The van der Waals surface area contributed by atoms with E-state index in [1.54, 1.807) is 0 Å². The third kappa shape index (κ3) is 3.04. The van der Waals surface area contributed by atoms with Gasteiger partial charge in [0.2, 0.25) is 5.95 Å². The van der Waals surface area contributed by atoms with Crippen LogP contribution in [0.4, 0.5) is 14.5 Å². The Balaban J connectivity index is 2.19. The summed E-state index contributed by atoms with van der Waals surface area (Å²) in [5.41, 5.74) is 0.262. The lowest BCUT2D eigenvalue weighted by Crippen LogP contribution is -2.14. The first-order chi connectivity index (χ1) is 9.10. The maximum absolute atomic E-state index is 13.2. The molecule has 0 saturated heterocycles. The summed E-state index contributed by atoms with van der Waals surface area (Å²) in [7, 11) is 1.32. The third-order valence-electron chi connectivity index (χ3n) is 2.36. The van der Waals surface area contributed by atoms with Gasteiger partial charge in [-0.2, -0.15) is 4.39 Å². The van der Waals surface area contributed by atoms with Crippen molar-refractivity contribution in [1.29, 1.82) is 0 Å². The van der Waals surface area contributed by atoms with Crippen molar-refractivity contribution in [3.05, 3.63) is 53.9 Å². The number of nitrogens with one attached hydrogen (secondary N) is 1. The molecule has 2 rings (SSSR count). The van der Waals surface area contributed by atoms with Gasteiger partial charge in [-0.1, -0.05) is 6.07 Å². The van der Waals surface area contributed by atoms with Gasteiger partial charge >= 0.3 is 0 Å². The zero-order chi connectivity index (χ0) is 13.8. The number of benzene rings is 1. The second-order valence-electron chi connectivity index (χ2n) is 3.65. The number of hydrogen-bond donors (Lipinski definition) is 1. The SMILES string of the molecule is COc1cc(NC(=O)c2cccc(F)n2)ccc1F. The van der Waals surface area contributed by atoms with E-state index in [1.165, 1.54) is 31.4 Å². The molecule has 1 aromatic heterocycles. The summed E-state index contributed by atoms with van der Waals surface area (Å²) in [6.07, 6.45) is 0. The predicted octanol–water partition coefficient (Wildman–Crippen LogP) is 2.62. The van der Waals surface area contributed by atoms with E-state index in [4.69, 9.17) is 4.74 Å². The average molecular weight is 264 g/mol. The molecule has 0 fully saturated rings. The van der Waals surface area contributed by atoms with Crippen LogP contribution in [0.3, 0.4) is 0 Å². The number of nitrogens with zero attached hydrogens (tertiary/aromatic N) is 1. The van der Waals surface area contributed by atoms with E-state index in [2.05, 4.69) is 10.3 Å². The molecule has 1 heterocycles. The average Bonchev–Trinajstić information content (AvgIpc) is 2.41. The number of methoxy groups -OCH3 is 1. The summed E-state index contributed by atoms with van der Waals surface area (Å²) in [6, 6.07) is 7.74. The van der Waals surface area contributed by atoms with Crippen molar-refractivity contribution >= 4 is 11.6 Å². The molecule has 6 heteroatoms. The monoisotopic (exact) mass is 264 g/mol. The van der Waals surface area contributed by atoms with Gasteiger partial charge in [0.05, 0.1) is 7.11 Å². The lowest BCUT2D eigenvalue weighted by molar-refractivity contribution is 0.102. The summed E-state index contributed by atoms with van der Waals surface area (Å²) in [5, 5.41) is 2.47. The second-order valence-corrected chi connectivity index (χ2v) is 3.65. The van der Waals surface area contributed by atoms with Crippen LogP contribution in [0.5, 0.6) is 5.75 Å². The van der Waals surface area contributed by atoms with Crippen LogP contribution in [0.15, 0.2) is 36.4 Å². The molecule has 0 spiro atoms. The van der Waals surface area contributed by atoms with Crippen LogP contribution in [0.2, 0.25) is 0 Å². The van der Waals surface area contributed by atoms with Crippen molar-refractivity contribution in [2.24, 2.45) is 0 Å². The van der Waals surface area contributed by atoms with Crippen molar-refractivity contribution < 1.29 is 18.3 Å². The molecule has 19 heavy (non-hydrogen) atoms. The highest BCUT2D eigenvalue weighted by atomic mass is 19.1. The van der Waals surface area contributed by atoms with Crippen molar-refractivity contribution in [3.63, 3.8) is 0 Å².